The Balaban J connectivity index is 1.36. The third kappa shape index (κ3) is 2.68. The van der Waals surface area contributed by atoms with Gasteiger partial charge in [-0.15, -0.1) is 0 Å². The lowest BCUT2D eigenvalue weighted by molar-refractivity contribution is -0.250. The van der Waals surface area contributed by atoms with Crippen molar-refractivity contribution in [2.75, 3.05) is 20.2 Å². The molecular formula is C16H25N3O3. The molecular weight excluding hydrogens is 282 g/mol. The van der Waals surface area contributed by atoms with Gasteiger partial charge in [-0.3, -0.25) is 4.90 Å². The standard InChI is InChI=1S/C16H25N3O3/c1-16(2,3)21-15(20-4)19-7-10-11(8-19)12(10)13-17-14(22-18-13)9-5-6-9/h9-12,15H,5-8H2,1-4H3. The first-order valence-electron chi connectivity index (χ1n) is 8.24. The highest BCUT2D eigenvalue weighted by atomic mass is 16.7. The summed E-state index contributed by atoms with van der Waals surface area (Å²) in [6, 6.07) is 0. The fraction of sp³-hybridized carbons (Fsp3) is 0.875. The van der Waals surface area contributed by atoms with Crippen molar-refractivity contribution in [3.8, 4) is 0 Å². The summed E-state index contributed by atoms with van der Waals surface area (Å²) < 4.78 is 16.9. The lowest BCUT2D eigenvalue weighted by Gasteiger charge is -2.33. The zero-order valence-electron chi connectivity index (χ0n) is 13.8. The molecule has 2 saturated carbocycles. The molecule has 0 N–H and O–H groups in total. The smallest absolute Gasteiger partial charge is 0.229 e. The van der Waals surface area contributed by atoms with Crippen molar-refractivity contribution in [1.82, 2.24) is 15.0 Å². The zero-order chi connectivity index (χ0) is 15.5. The Kier molecular flexibility index (Phi) is 3.33. The number of rotatable bonds is 5. The third-order valence-electron chi connectivity index (χ3n) is 4.86. The number of methoxy groups -OCH3 is 1. The molecule has 0 radical (unpaired) electrons. The first-order chi connectivity index (χ1) is 10.5. The van der Waals surface area contributed by atoms with E-state index in [4.69, 9.17) is 14.0 Å². The number of likely N-dealkylation sites (tertiary alicyclic amines) is 1. The van der Waals surface area contributed by atoms with E-state index in [2.05, 4.69) is 35.8 Å². The topological polar surface area (TPSA) is 60.6 Å². The molecule has 3 unspecified atom stereocenters. The molecule has 22 heavy (non-hydrogen) atoms. The minimum atomic E-state index is -0.263. The molecule has 2 aliphatic carbocycles. The van der Waals surface area contributed by atoms with Gasteiger partial charge in [0.15, 0.2) is 5.82 Å². The monoisotopic (exact) mass is 307 g/mol. The molecule has 3 atom stereocenters. The van der Waals surface area contributed by atoms with Gasteiger partial charge >= 0.3 is 0 Å². The van der Waals surface area contributed by atoms with Crippen molar-refractivity contribution in [2.24, 2.45) is 11.8 Å². The largest absolute Gasteiger partial charge is 0.343 e. The average molecular weight is 307 g/mol. The van der Waals surface area contributed by atoms with Crippen LogP contribution >= 0.6 is 0 Å². The van der Waals surface area contributed by atoms with Gasteiger partial charge in [-0.05, 0) is 45.4 Å². The highest BCUT2D eigenvalue weighted by molar-refractivity contribution is 5.20. The van der Waals surface area contributed by atoms with E-state index in [0.717, 1.165) is 24.8 Å². The average Bonchev–Trinajstić information content (AvgIpc) is 3.32. The SMILES string of the molecule is COC(OC(C)(C)C)N1CC2C(C1)C2c1noc(C2CC2)n1. The van der Waals surface area contributed by atoms with Gasteiger partial charge in [0.1, 0.15) is 0 Å². The van der Waals surface area contributed by atoms with Gasteiger partial charge in [0.05, 0.1) is 5.60 Å². The maximum atomic E-state index is 5.98. The Labute approximate surface area is 131 Å². The van der Waals surface area contributed by atoms with Crippen LogP contribution in [0.4, 0.5) is 0 Å². The van der Waals surface area contributed by atoms with Crippen LogP contribution in [0.25, 0.3) is 0 Å². The van der Waals surface area contributed by atoms with Crippen molar-refractivity contribution in [3.63, 3.8) is 0 Å². The van der Waals surface area contributed by atoms with Crippen LogP contribution in [0.1, 0.15) is 57.2 Å². The Morgan fingerprint density at radius 1 is 1.23 bits per heavy atom. The number of piperidine rings is 1. The van der Waals surface area contributed by atoms with Gasteiger partial charge in [-0.25, -0.2) is 0 Å². The minimum Gasteiger partial charge on any atom is -0.343 e. The van der Waals surface area contributed by atoms with E-state index in [1.165, 1.54) is 12.8 Å². The molecule has 122 valence electrons. The Morgan fingerprint density at radius 3 is 2.45 bits per heavy atom. The minimum absolute atomic E-state index is 0.209. The molecule has 3 fully saturated rings. The maximum absolute atomic E-state index is 5.98. The van der Waals surface area contributed by atoms with Crippen molar-refractivity contribution in [1.29, 1.82) is 0 Å². The van der Waals surface area contributed by atoms with E-state index in [0.29, 0.717) is 23.7 Å². The molecule has 6 nitrogen and oxygen atoms in total. The maximum Gasteiger partial charge on any atom is 0.229 e. The summed E-state index contributed by atoms with van der Waals surface area (Å²) in [6.45, 7) is 8.13. The molecule has 6 heteroatoms. The van der Waals surface area contributed by atoms with E-state index >= 15 is 0 Å². The second kappa shape index (κ2) is 5.01. The van der Waals surface area contributed by atoms with E-state index in [-0.39, 0.29) is 12.0 Å². The first-order valence-corrected chi connectivity index (χ1v) is 8.24. The van der Waals surface area contributed by atoms with Crippen molar-refractivity contribution in [3.05, 3.63) is 11.7 Å². The van der Waals surface area contributed by atoms with Crippen molar-refractivity contribution in [2.45, 2.75) is 57.5 Å². The summed E-state index contributed by atoms with van der Waals surface area (Å²) >= 11 is 0. The Hall–Kier alpha value is -0.980. The second-order valence-corrected chi connectivity index (χ2v) is 7.85. The summed E-state index contributed by atoms with van der Waals surface area (Å²) in [6.07, 6.45) is 2.14. The van der Waals surface area contributed by atoms with E-state index in [1.54, 1.807) is 7.11 Å². The molecule has 1 aromatic rings. The van der Waals surface area contributed by atoms with Gasteiger partial charge in [0.2, 0.25) is 12.3 Å². The van der Waals surface area contributed by atoms with Gasteiger partial charge in [0, 0.05) is 32.0 Å². The number of fused-ring (bicyclic) bond motifs is 1. The van der Waals surface area contributed by atoms with Crippen LogP contribution in [0.2, 0.25) is 0 Å². The van der Waals surface area contributed by atoms with Crippen molar-refractivity contribution < 1.29 is 14.0 Å². The molecule has 1 saturated heterocycles. The Morgan fingerprint density at radius 2 is 1.91 bits per heavy atom. The summed E-state index contributed by atoms with van der Waals surface area (Å²) in [5, 5.41) is 4.20. The molecule has 0 spiro atoms. The van der Waals surface area contributed by atoms with Gasteiger partial charge in [-0.2, -0.15) is 4.98 Å². The predicted octanol–water partition coefficient (Wildman–Crippen LogP) is 2.34. The number of nitrogens with zero attached hydrogens (tertiary/aromatic N) is 3. The van der Waals surface area contributed by atoms with Crippen LogP contribution in [-0.4, -0.2) is 47.3 Å². The lowest BCUT2D eigenvalue weighted by atomic mass is 10.2. The predicted molar refractivity (Wildman–Crippen MR) is 79.2 cm³/mol. The summed E-state index contributed by atoms with van der Waals surface area (Å²) in [5.41, 5.74) is -0.209. The molecule has 2 heterocycles. The number of hydrogen-bond acceptors (Lipinski definition) is 6. The van der Waals surface area contributed by atoms with E-state index < -0.39 is 0 Å². The molecule has 0 bridgehead atoms. The number of aromatic nitrogens is 2. The quantitative estimate of drug-likeness (QED) is 0.778. The van der Waals surface area contributed by atoms with Gasteiger partial charge in [-0.1, -0.05) is 5.16 Å². The first kappa shape index (κ1) is 14.6. The number of ether oxygens (including phenoxy) is 2. The van der Waals surface area contributed by atoms with Crippen molar-refractivity contribution >= 4 is 0 Å². The van der Waals surface area contributed by atoms with Crippen LogP contribution in [0.3, 0.4) is 0 Å². The summed E-state index contributed by atoms with van der Waals surface area (Å²) in [5.74, 6) is 4.01. The van der Waals surface area contributed by atoms with Crippen LogP contribution in [0.5, 0.6) is 0 Å². The fourth-order valence-electron chi connectivity index (χ4n) is 3.57. The van der Waals surface area contributed by atoms with Crippen LogP contribution in [-0.2, 0) is 9.47 Å². The molecule has 0 aromatic carbocycles. The van der Waals surface area contributed by atoms with Gasteiger partial charge < -0.3 is 14.0 Å². The molecule has 1 aliphatic heterocycles. The van der Waals surface area contributed by atoms with E-state index in [9.17, 15) is 0 Å². The molecule has 0 amide bonds. The second-order valence-electron chi connectivity index (χ2n) is 7.85. The highest BCUT2D eigenvalue weighted by Crippen LogP contribution is 2.58. The van der Waals surface area contributed by atoms with Gasteiger partial charge in [0.25, 0.3) is 0 Å². The van der Waals surface area contributed by atoms with Crippen LogP contribution in [0.15, 0.2) is 4.52 Å². The molecule has 3 aliphatic rings. The zero-order valence-corrected chi connectivity index (χ0v) is 13.8. The number of hydrogen-bond donors (Lipinski definition) is 0. The van der Waals surface area contributed by atoms with E-state index in [1.807, 2.05) is 0 Å². The van der Waals surface area contributed by atoms with Crippen LogP contribution in [0, 0.1) is 11.8 Å². The normalized spacial score (nSPS) is 33.0. The molecule has 4 rings (SSSR count). The molecule has 1 aromatic heterocycles. The summed E-state index contributed by atoms with van der Waals surface area (Å²) in [7, 11) is 1.71. The highest BCUT2D eigenvalue weighted by Gasteiger charge is 2.59. The Bertz CT molecular complexity index is 537. The summed E-state index contributed by atoms with van der Waals surface area (Å²) in [4.78, 5) is 6.88. The third-order valence-corrected chi connectivity index (χ3v) is 4.86. The van der Waals surface area contributed by atoms with Crippen LogP contribution < -0.4 is 0 Å². The lowest BCUT2D eigenvalue weighted by Crippen LogP contribution is -2.43. The fourth-order valence-corrected chi connectivity index (χ4v) is 3.57.